The van der Waals surface area contributed by atoms with E-state index in [0.29, 0.717) is 38.9 Å². The molecular formula is C20H19Cl2N3O3S. The molecule has 1 fully saturated rings. The predicted octanol–water partition coefficient (Wildman–Crippen LogP) is 4.98. The second-order valence-electron chi connectivity index (χ2n) is 6.19. The summed E-state index contributed by atoms with van der Waals surface area (Å²) >= 11 is 13.3. The molecule has 0 saturated carbocycles. The number of carbonyl (C=O) groups excluding carboxylic acids is 2. The van der Waals surface area contributed by atoms with Crippen LogP contribution in [0.3, 0.4) is 0 Å². The van der Waals surface area contributed by atoms with Crippen LogP contribution in [0.25, 0.3) is 0 Å². The first-order valence-electron chi connectivity index (χ1n) is 8.86. The number of benzene rings is 2. The highest BCUT2D eigenvalue weighted by atomic mass is 35.5. The summed E-state index contributed by atoms with van der Waals surface area (Å²) in [7, 11) is 1.56. The van der Waals surface area contributed by atoms with Gasteiger partial charge >= 0.3 is 0 Å². The van der Waals surface area contributed by atoms with Crippen molar-refractivity contribution in [2.75, 3.05) is 19.0 Å². The molecule has 2 amide bonds. The minimum Gasteiger partial charge on any atom is -0.497 e. The molecule has 1 aliphatic rings. The van der Waals surface area contributed by atoms with Crippen molar-refractivity contribution in [1.82, 2.24) is 4.90 Å². The summed E-state index contributed by atoms with van der Waals surface area (Å²) in [6.07, 6.45) is 0.0869. The van der Waals surface area contributed by atoms with E-state index in [4.69, 9.17) is 27.9 Å². The molecule has 9 heteroatoms. The molecule has 29 heavy (non-hydrogen) atoms. The molecule has 1 aliphatic heterocycles. The lowest BCUT2D eigenvalue weighted by molar-refractivity contribution is -0.129. The third-order valence-corrected chi connectivity index (χ3v) is 5.78. The Morgan fingerprint density at radius 1 is 1.28 bits per heavy atom. The van der Waals surface area contributed by atoms with Crippen LogP contribution in [0.5, 0.6) is 5.75 Å². The van der Waals surface area contributed by atoms with Crippen molar-refractivity contribution in [1.29, 1.82) is 0 Å². The van der Waals surface area contributed by atoms with Gasteiger partial charge in [0.2, 0.25) is 11.8 Å². The maximum atomic E-state index is 12.8. The second-order valence-corrected chi connectivity index (χ2v) is 8.23. The van der Waals surface area contributed by atoms with Gasteiger partial charge in [-0.05, 0) is 37.3 Å². The van der Waals surface area contributed by atoms with Gasteiger partial charge in [-0.3, -0.25) is 14.5 Å². The number of hydrogen-bond acceptors (Lipinski definition) is 5. The lowest BCUT2D eigenvalue weighted by Crippen LogP contribution is -2.45. The molecule has 1 atom stereocenters. The highest BCUT2D eigenvalue weighted by molar-refractivity contribution is 8.15. The summed E-state index contributed by atoms with van der Waals surface area (Å²) in [4.78, 5) is 31.5. The van der Waals surface area contributed by atoms with Gasteiger partial charge in [0.15, 0.2) is 5.17 Å². The maximum absolute atomic E-state index is 12.8. The first-order valence-corrected chi connectivity index (χ1v) is 10.5. The first kappa shape index (κ1) is 21.5. The van der Waals surface area contributed by atoms with Crippen LogP contribution in [0.15, 0.2) is 47.5 Å². The minimum atomic E-state index is -0.607. The number of thioether (sulfide) groups is 1. The van der Waals surface area contributed by atoms with Crippen molar-refractivity contribution >= 4 is 63.3 Å². The number of nitrogens with zero attached hydrogens (tertiary/aromatic N) is 2. The summed E-state index contributed by atoms with van der Waals surface area (Å²) in [5, 5.41) is 3.55. The Labute approximate surface area is 183 Å². The minimum absolute atomic E-state index is 0.0869. The highest BCUT2D eigenvalue weighted by Gasteiger charge is 2.35. The molecule has 0 aliphatic carbocycles. The number of methoxy groups -OCH3 is 1. The summed E-state index contributed by atoms with van der Waals surface area (Å²) in [5.41, 5.74) is 1.12. The quantitative estimate of drug-likeness (QED) is 0.695. The summed E-state index contributed by atoms with van der Waals surface area (Å²) < 4.78 is 5.17. The fourth-order valence-corrected chi connectivity index (χ4v) is 4.47. The van der Waals surface area contributed by atoms with Crippen LogP contribution >= 0.6 is 35.0 Å². The van der Waals surface area contributed by atoms with Crippen molar-refractivity contribution in [3.05, 3.63) is 52.5 Å². The van der Waals surface area contributed by atoms with Gasteiger partial charge in [-0.15, -0.1) is 0 Å². The number of halogens is 2. The average Bonchev–Trinajstić information content (AvgIpc) is 2.67. The molecular weight excluding hydrogens is 433 g/mol. The molecule has 1 N–H and O–H groups in total. The van der Waals surface area contributed by atoms with Gasteiger partial charge < -0.3 is 10.1 Å². The fraction of sp³-hybridized carbons (Fsp3) is 0.250. The second kappa shape index (κ2) is 9.52. The van der Waals surface area contributed by atoms with Crippen LogP contribution < -0.4 is 10.1 Å². The van der Waals surface area contributed by atoms with Gasteiger partial charge in [0.25, 0.3) is 0 Å². The zero-order chi connectivity index (χ0) is 21.0. The van der Waals surface area contributed by atoms with E-state index in [-0.39, 0.29) is 18.2 Å². The molecule has 0 bridgehead atoms. The average molecular weight is 452 g/mol. The van der Waals surface area contributed by atoms with E-state index in [1.54, 1.807) is 54.5 Å². The highest BCUT2D eigenvalue weighted by Crippen LogP contribution is 2.32. The number of aliphatic imine (C=N–C) groups is 1. The molecule has 0 spiro atoms. The third kappa shape index (κ3) is 5.44. The fourth-order valence-electron chi connectivity index (χ4n) is 2.79. The van der Waals surface area contributed by atoms with Crippen LogP contribution in [0.1, 0.15) is 13.3 Å². The molecule has 0 unspecified atom stereocenters. The first-order chi connectivity index (χ1) is 13.9. The van der Waals surface area contributed by atoms with Crippen LogP contribution in [0.2, 0.25) is 10.0 Å². The molecule has 0 aromatic heterocycles. The molecule has 1 heterocycles. The van der Waals surface area contributed by atoms with E-state index < -0.39 is 5.25 Å². The van der Waals surface area contributed by atoms with E-state index in [9.17, 15) is 9.59 Å². The Hall–Kier alpha value is -2.22. The molecule has 2 aromatic carbocycles. The molecule has 152 valence electrons. The topological polar surface area (TPSA) is 71.0 Å². The Bertz CT molecular complexity index is 947. The van der Waals surface area contributed by atoms with Crippen molar-refractivity contribution in [3.63, 3.8) is 0 Å². The summed E-state index contributed by atoms with van der Waals surface area (Å²) in [6, 6.07) is 12.0. The van der Waals surface area contributed by atoms with Gasteiger partial charge in [-0.25, -0.2) is 4.99 Å². The predicted molar refractivity (Wildman–Crippen MR) is 119 cm³/mol. The molecule has 1 saturated heterocycles. The number of hydrogen-bond donors (Lipinski definition) is 1. The van der Waals surface area contributed by atoms with E-state index in [2.05, 4.69) is 10.3 Å². The van der Waals surface area contributed by atoms with Crippen molar-refractivity contribution in [3.8, 4) is 5.75 Å². The van der Waals surface area contributed by atoms with E-state index in [1.807, 2.05) is 6.92 Å². The van der Waals surface area contributed by atoms with Gasteiger partial charge in [-0.1, -0.05) is 41.0 Å². The van der Waals surface area contributed by atoms with Crippen LogP contribution in [0.4, 0.5) is 11.4 Å². The largest absolute Gasteiger partial charge is 0.497 e. The number of rotatable bonds is 5. The van der Waals surface area contributed by atoms with Crippen molar-refractivity contribution in [2.24, 2.45) is 4.99 Å². The molecule has 0 radical (unpaired) electrons. The van der Waals surface area contributed by atoms with E-state index in [0.717, 1.165) is 0 Å². The number of ether oxygens (including phenoxy) is 1. The standard InChI is InChI=1S/C20H19Cl2N3O3S/c1-3-25-18(26)11-17(19(27)23-14-5-4-6-16(10-14)28-2)29-20(25)24-15-8-12(21)7-13(22)9-15/h4-10,17H,3,11H2,1-2H3,(H,23,27)/t17-/m0/s1. The SMILES string of the molecule is CCN1C(=O)C[C@@H](C(=O)Nc2cccc(OC)c2)SC1=Nc1cc(Cl)cc(Cl)c1. The smallest absolute Gasteiger partial charge is 0.238 e. The van der Waals surface area contributed by atoms with Crippen molar-refractivity contribution in [2.45, 2.75) is 18.6 Å². The monoisotopic (exact) mass is 451 g/mol. The van der Waals surface area contributed by atoms with Gasteiger partial charge in [0.05, 0.1) is 12.8 Å². The number of anilines is 1. The number of carbonyl (C=O) groups is 2. The molecule has 6 nitrogen and oxygen atoms in total. The van der Waals surface area contributed by atoms with Crippen LogP contribution in [-0.2, 0) is 9.59 Å². The summed E-state index contributed by atoms with van der Waals surface area (Å²) in [5.74, 6) is 0.195. The van der Waals surface area contributed by atoms with Gasteiger partial charge in [-0.2, -0.15) is 0 Å². The number of amides is 2. The number of nitrogens with one attached hydrogen (secondary N) is 1. The zero-order valence-electron chi connectivity index (χ0n) is 15.8. The Balaban J connectivity index is 1.83. The Morgan fingerprint density at radius 2 is 2.00 bits per heavy atom. The lowest BCUT2D eigenvalue weighted by atomic mass is 10.2. The van der Waals surface area contributed by atoms with Crippen molar-refractivity contribution < 1.29 is 14.3 Å². The normalized spacial score (nSPS) is 18.1. The lowest BCUT2D eigenvalue weighted by Gasteiger charge is -2.31. The Kier molecular flexibility index (Phi) is 7.05. The van der Waals surface area contributed by atoms with Gasteiger partial charge in [0.1, 0.15) is 11.0 Å². The molecule has 2 aromatic rings. The number of amidine groups is 1. The van der Waals surface area contributed by atoms with E-state index in [1.165, 1.54) is 11.8 Å². The molecule has 3 rings (SSSR count). The van der Waals surface area contributed by atoms with Crippen LogP contribution in [0, 0.1) is 0 Å². The Morgan fingerprint density at radius 3 is 2.66 bits per heavy atom. The summed E-state index contributed by atoms with van der Waals surface area (Å²) in [6.45, 7) is 2.30. The zero-order valence-corrected chi connectivity index (χ0v) is 18.1. The van der Waals surface area contributed by atoms with E-state index >= 15 is 0 Å². The maximum Gasteiger partial charge on any atom is 0.238 e. The van der Waals surface area contributed by atoms with Crippen LogP contribution in [-0.4, -0.2) is 40.8 Å². The third-order valence-electron chi connectivity index (χ3n) is 4.16. The van der Waals surface area contributed by atoms with Gasteiger partial charge in [0, 0.05) is 34.8 Å².